The molecule has 1 amide bonds. The quantitative estimate of drug-likeness (QED) is 0.794. The van der Waals surface area contributed by atoms with Gasteiger partial charge in [0.1, 0.15) is 0 Å². The maximum atomic E-state index is 11.2. The van der Waals surface area contributed by atoms with E-state index in [0.29, 0.717) is 6.04 Å². The molecular formula is C11H14IN3O2. The van der Waals surface area contributed by atoms with Gasteiger partial charge in [-0.2, -0.15) is 5.10 Å². The van der Waals surface area contributed by atoms with Crippen molar-refractivity contribution in [2.24, 2.45) is 0 Å². The Hall–Kier alpha value is -0.790. The fourth-order valence-electron chi connectivity index (χ4n) is 3.19. The summed E-state index contributed by atoms with van der Waals surface area (Å²) in [6.45, 7) is 0. The molecule has 2 aliphatic rings. The molecule has 3 rings (SSSR count). The minimum atomic E-state index is -0.758. The van der Waals surface area contributed by atoms with Gasteiger partial charge in [0.2, 0.25) is 0 Å². The van der Waals surface area contributed by atoms with E-state index in [9.17, 15) is 9.90 Å². The summed E-state index contributed by atoms with van der Waals surface area (Å²) in [5, 5.41) is 13.5. The first kappa shape index (κ1) is 11.3. The van der Waals surface area contributed by atoms with E-state index in [1.54, 1.807) is 4.90 Å². The topological polar surface area (TPSA) is 58.4 Å². The van der Waals surface area contributed by atoms with E-state index in [4.69, 9.17) is 0 Å². The van der Waals surface area contributed by atoms with Crippen molar-refractivity contribution in [2.45, 2.75) is 43.8 Å². The fourth-order valence-corrected chi connectivity index (χ4v) is 3.60. The van der Waals surface area contributed by atoms with E-state index in [-0.39, 0.29) is 12.1 Å². The lowest BCUT2D eigenvalue weighted by Gasteiger charge is -2.37. The van der Waals surface area contributed by atoms with Crippen LogP contribution in [0.4, 0.5) is 4.79 Å². The number of amides is 1. The van der Waals surface area contributed by atoms with Crippen molar-refractivity contribution in [3.8, 4) is 0 Å². The summed E-state index contributed by atoms with van der Waals surface area (Å²) in [7, 11) is 0. The van der Waals surface area contributed by atoms with Crippen LogP contribution in [0.2, 0.25) is 0 Å². The maximum Gasteiger partial charge on any atom is 0.407 e. The van der Waals surface area contributed by atoms with Gasteiger partial charge in [-0.25, -0.2) is 4.79 Å². The molecular weight excluding hydrogens is 333 g/mol. The predicted molar refractivity (Wildman–Crippen MR) is 69.9 cm³/mol. The van der Waals surface area contributed by atoms with Crippen molar-refractivity contribution in [3.05, 3.63) is 16.0 Å². The van der Waals surface area contributed by atoms with E-state index in [1.807, 2.05) is 17.1 Å². The normalized spacial score (nSPS) is 31.8. The van der Waals surface area contributed by atoms with Crippen LogP contribution in [-0.4, -0.2) is 38.0 Å². The van der Waals surface area contributed by atoms with Crippen molar-refractivity contribution < 1.29 is 9.90 Å². The number of hydrogen-bond donors (Lipinski definition) is 1. The van der Waals surface area contributed by atoms with Crippen molar-refractivity contribution >= 4 is 28.7 Å². The second kappa shape index (κ2) is 4.15. The zero-order valence-electron chi connectivity index (χ0n) is 9.29. The molecule has 0 saturated carbocycles. The predicted octanol–water partition coefficient (Wildman–Crippen LogP) is 2.33. The number of nitrogens with zero attached hydrogens (tertiary/aromatic N) is 3. The zero-order valence-corrected chi connectivity index (χ0v) is 11.4. The van der Waals surface area contributed by atoms with Crippen molar-refractivity contribution in [2.75, 3.05) is 0 Å². The van der Waals surface area contributed by atoms with Crippen LogP contribution in [0.1, 0.15) is 31.7 Å². The third kappa shape index (κ3) is 1.92. The van der Waals surface area contributed by atoms with Gasteiger partial charge >= 0.3 is 6.09 Å². The highest BCUT2D eigenvalue weighted by Gasteiger charge is 2.43. The highest BCUT2D eigenvalue weighted by atomic mass is 127. The molecule has 2 fully saturated rings. The van der Waals surface area contributed by atoms with Crippen LogP contribution in [-0.2, 0) is 0 Å². The lowest BCUT2D eigenvalue weighted by atomic mass is 9.98. The molecule has 0 aromatic carbocycles. The lowest BCUT2D eigenvalue weighted by Crippen LogP contribution is -2.46. The fraction of sp³-hybridized carbons (Fsp3) is 0.636. The Kier molecular flexibility index (Phi) is 2.76. The first-order chi connectivity index (χ1) is 8.15. The monoisotopic (exact) mass is 347 g/mol. The zero-order chi connectivity index (χ0) is 12.0. The minimum Gasteiger partial charge on any atom is -0.465 e. The molecule has 17 heavy (non-hydrogen) atoms. The van der Waals surface area contributed by atoms with Crippen LogP contribution in [0.15, 0.2) is 12.4 Å². The highest BCUT2D eigenvalue weighted by Crippen LogP contribution is 2.40. The summed E-state index contributed by atoms with van der Waals surface area (Å²) in [5.41, 5.74) is 0. The minimum absolute atomic E-state index is 0.193. The van der Waals surface area contributed by atoms with Gasteiger partial charge in [0, 0.05) is 18.3 Å². The molecule has 2 bridgehead atoms. The van der Waals surface area contributed by atoms with Crippen LogP contribution in [0.25, 0.3) is 0 Å². The molecule has 2 unspecified atom stereocenters. The summed E-state index contributed by atoms with van der Waals surface area (Å²) in [4.78, 5) is 12.8. The number of rotatable bonds is 1. The number of aromatic nitrogens is 2. The molecule has 1 aromatic heterocycles. The maximum absolute atomic E-state index is 11.2. The molecule has 0 radical (unpaired) electrons. The first-order valence-electron chi connectivity index (χ1n) is 5.86. The Balaban J connectivity index is 1.80. The van der Waals surface area contributed by atoms with Gasteiger partial charge in [-0.3, -0.25) is 4.68 Å². The summed E-state index contributed by atoms with van der Waals surface area (Å²) in [6.07, 6.45) is 6.96. The summed E-state index contributed by atoms with van der Waals surface area (Å²) < 4.78 is 3.14. The molecule has 92 valence electrons. The number of halogens is 1. The van der Waals surface area contributed by atoms with Crippen molar-refractivity contribution in [1.82, 2.24) is 14.7 Å². The number of hydrogen-bond acceptors (Lipinski definition) is 2. The first-order valence-corrected chi connectivity index (χ1v) is 6.94. The smallest absolute Gasteiger partial charge is 0.407 e. The molecule has 0 aliphatic carbocycles. The number of fused-ring (bicyclic) bond motifs is 2. The van der Waals surface area contributed by atoms with Crippen LogP contribution >= 0.6 is 22.6 Å². The van der Waals surface area contributed by atoms with Crippen LogP contribution in [0.5, 0.6) is 0 Å². The van der Waals surface area contributed by atoms with E-state index in [2.05, 4.69) is 27.7 Å². The highest BCUT2D eigenvalue weighted by molar-refractivity contribution is 14.1. The second-order valence-corrected chi connectivity index (χ2v) is 6.08. The van der Waals surface area contributed by atoms with Gasteiger partial charge in [-0.1, -0.05) is 0 Å². The Morgan fingerprint density at radius 3 is 2.47 bits per heavy atom. The van der Waals surface area contributed by atoms with Crippen molar-refractivity contribution in [1.29, 1.82) is 0 Å². The Morgan fingerprint density at radius 2 is 2.00 bits per heavy atom. The third-order valence-electron chi connectivity index (χ3n) is 3.87. The van der Waals surface area contributed by atoms with Crippen LogP contribution in [0, 0.1) is 3.57 Å². The van der Waals surface area contributed by atoms with Gasteiger partial charge < -0.3 is 10.0 Å². The van der Waals surface area contributed by atoms with Crippen molar-refractivity contribution in [3.63, 3.8) is 0 Å². The van der Waals surface area contributed by atoms with Gasteiger partial charge in [0.25, 0.3) is 0 Å². The number of carboxylic acid groups (broad SMARTS) is 1. The average molecular weight is 347 g/mol. The second-order valence-electron chi connectivity index (χ2n) is 4.84. The van der Waals surface area contributed by atoms with E-state index >= 15 is 0 Å². The van der Waals surface area contributed by atoms with Crippen LogP contribution < -0.4 is 0 Å². The van der Waals surface area contributed by atoms with Gasteiger partial charge in [0.15, 0.2) is 0 Å². The Labute approximate surface area is 113 Å². The molecule has 2 saturated heterocycles. The Bertz CT molecular complexity index is 434. The van der Waals surface area contributed by atoms with E-state index < -0.39 is 6.09 Å². The third-order valence-corrected chi connectivity index (χ3v) is 4.43. The SMILES string of the molecule is O=C(O)N1C2CCC1CC(n1cc(I)cn1)C2. The number of carbonyl (C=O) groups is 1. The van der Waals surface area contributed by atoms with Gasteiger partial charge in [0.05, 0.1) is 15.8 Å². The molecule has 2 atom stereocenters. The average Bonchev–Trinajstić information content (AvgIpc) is 2.81. The van der Waals surface area contributed by atoms with Crippen LogP contribution in [0.3, 0.4) is 0 Å². The summed E-state index contributed by atoms with van der Waals surface area (Å²) in [5.74, 6) is 0. The van der Waals surface area contributed by atoms with Gasteiger partial charge in [-0.05, 0) is 48.3 Å². The summed E-state index contributed by atoms with van der Waals surface area (Å²) in [6, 6.07) is 0.753. The van der Waals surface area contributed by atoms with E-state index in [0.717, 1.165) is 29.3 Å². The molecule has 1 N–H and O–H groups in total. The van der Waals surface area contributed by atoms with E-state index in [1.165, 1.54) is 0 Å². The lowest BCUT2D eigenvalue weighted by molar-refractivity contribution is 0.0845. The standard InChI is InChI=1S/C11H14IN3O2/c12-7-5-13-14(6-7)10-3-8-1-2-9(4-10)15(8)11(16)17/h5-6,8-10H,1-4H2,(H,16,17). The molecule has 1 aromatic rings. The van der Waals surface area contributed by atoms with Gasteiger partial charge in [-0.15, -0.1) is 0 Å². The molecule has 2 aliphatic heterocycles. The molecule has 0 spiro atoms. The Morgan fingerprint density at radius 1 is 1.35 bits per heavy atom. The molecule has 5 nitrogen and oxygen atoms in total. The summed E-state index contributed by atoms with van der Waals surface area (Å²) >= 11 is 2.25. The molecule has 6 heteroatoms. The molecule has 3 heterocycles. The largest absolute Gasteiger partial charge is 0.465 e. The number of piperidine rings is 1.